The lowest BCUT2D eigenvalue weighted by molar-refractivity contribution is 0.280. The van der Waals surface area contributed by atoms with Gasteiger partial charge in [0.25, 0.3) is 18.3 Å². The Kier molecular flexibility index (Phi) is 11.5. The maximum absolute atomic E-state index is 14.8. The minimum atomic E-state index is -3.95. The van der Waals surface area contributed by atoms with Gasteiger partial charge < -0.3 is 9.41 Å². The molecule has 1 aromatic heterocycles. The van der Waals surface area contributed by atoms with Crippen LogP contribution in [0.1, 0.15) is 70.9 Å². The molecular formula is C41H50N2O3SSi. The van der Waals surface area contributed by atoms with Crippen molar-refractivity contribution in [2.24, 2.45) is 0 Å². The number of nitrogens with one attached hydrogen (secondary N) is 1. The summed E-state index contributed by atoms with van der Waals surface area (Å²) in [5.74, 6) is 0. The molecule has 0 fully saturated rings. The second-order valence-corrected chi connectivity index (χ2v) is 19.8. The lowest BCUT2D eigenvalue weighted by Crippen LogP contribution is -2.67. The van der Waals surface area contributed by atoms with Crippen molar-refractivity contribution in [3.63, 3.8) is 0 Å². The highest BCUT2D eigenvalue weighted by atomic mass is 32.2. The maximum Gasteiger partial charge on any atom is 0.264 e. The molecule has 0 amide bonds. The Balaban J connectivity index is 1.62. The van der Waals surface area contributed by atoms with Crippen molar-refractivity contribution >= 4 is 45.3 Å². The fourth-order valence-electron chi connectivity index (χ4n) is 6.69. The molecule has 0 saturated heterocycles. The molecule has 0 aliphatic carbocycles. The van der Waals surface area contributed by atoms with Crippen LogP contribution in [-0.4, -0.2) is 39.2 Å². The molecule has 252 valence electrons. The Labute approximate surface area is 288 Å². The summed E-state index contributed by atoms with van der Waals surface area (Å²) in [6.45, 7) is 11.3. The summed E-state index contributed by atoms with van der Waals surface area (Å²) in [5, 5.41) is 3.10. The number of unbranched alkanes of at least 4 members (excludes halogenated alkanes) is 4. The van der Waals surface area contributed by atoms with Crippen LogP contribution in [0.2, 0.25) is 5.04 Å². The Hall–Kier alpha value is -3.91. The largest absolute Gasteiger partial charge is 0.406 e. The maximum atomic E-state index is 14.8. The Morgan fingerprint density at radius 1 is 0.812 bits per heavy atom. The molecular weight excluding hydrogens is 629 g/mol. The van der Waals surface area contributed by atoms with Gasteiger partial charge in [0.05, 0.1) is 23.7 Å². The van der Waals surface area contributed by atoms with Gasteiger partial charge in [0.1, 0.15) is 0 Å². The van der Waals surface area contributed by atoms with Crippen molar-refractivity contribution in [1.82, 2.24) is 9.29 Å². The zero-order valence-electron chi connectivity index (χ0n) is 29.1. The van der Waals surface area contributed by atoms with Crippen molar-refractivity contribution in [2.45, 2.75) is 76.7 Å². The van der Waals surface area contributed by atoms with Gasteiger partial charge in [0.15, 0.2) is 0 Å². The highest BCUT2D eigenvalue weighted by Crippen LogP contribution is 2.38. The fraction of sp³-hybridized carbons (Fsp3) is 0.317. The van der Waals surface area contributed by atoms with E-state index in [0.717, 1.165) is 54.1 Å². The number of aryl methyl sites for hydroxylation is 1. The molecule has 5 nitrogen and oxygen atoms in total. The number of aromatic amines is 1. The molecule has 0 aliphatic rings. The number of para-hydroxylation sites is 1. The van der Waals surface area contributed by atoms with Gasteiger partial charge in [-0.2, -0.15) is 0 Å². The first-order chi connectivity index (χ1) is 23.1. The van der Waals surface area contributed by atoms with Crippen molar-refractivity contribution in [1.29, 1.82) is 0 Å². The van der Waals surface area contributed by atoms with Crippen molar-refractivity contribution < 1.29 is 12.8 Å². The van der Waals surface area contributed by atoms with Crippen LogP contribution in [0.15, 0.2) is 126 Å². The number of sulfonamides is 1. The van der Waals surface area contributed by atoms with E-state index in [1.54, 1.807) is 16.4 Å². The minimum Gasteiger partial charge on any atom is -0.406 e. The number of rotatable bonds is 15. The van der Waals surface area contributed by atoms with E-state index in [4.69, 9.17) is 4.43 Å². The van der Waals surface area contributed by atoms with Gasteiger partial charge in [-0.05, 0) is 53.4 Å². The number of benzene rings is 4. The molecule has 0 spiro atoms. The number of hydrogen-bond donors (Lipinski definition) is 1. The lowest BCUT2D eigenvalue weighted by Gasteiger charge is -2.43. The summed E-state index contributed by atoms with van der Waals surface area (Å²) in [7, 11) is -6.85. The monoisotopic (exact) mass is 678 g/mol. The first-order valence-corrected chi connectivity index (χ1v) is 20.6. The third-order valence-corrected chi connectivity index (χ3v) is 16.0. The first kappa shape index (κ1) is 35.4. The molecule has 0 aliphatic heterocycles. The molecule has 0 bridgehead atoms. The van der Waals surface area contributed by atoms with Gasteiger partial charge in [-0.1, -0.05) is 150 Å². The minimum absolute atomic E-state index is 0.168. The second-order valence-electron chi connectivity index (χ2n) is 13.6. The second kappa shape index (κ2) is 15.5. The van der Waals surface area contributed by atoms with Crippen LogP contribution in [0.4, 0.5) is 0 Å². The van der Waals surface area contributed by atoms with Crippen LogP contribution in [0.25, 0.3) is 16.6 Å². The lowest BCUT2D eigenvalue weighted by atomic mass is 10.1. The van der Waals surface area contributed by atoms with E-state index in [-0.39, 0.29) is 23.1 Å². The number of hydrogen-bond acceptors (Lipinski definition) is 3. The molecule has 1 heterocycles. The summed E-state index contributed by atoms with van der Waals surface area (Å²) in [6.07, 6.45) is 9.26. The van der Waals surface area contributed by atoms with Gasteiger partial charge in [0.2, 0.25) is 0 Å². The molecule has 48 heavy (non-hydrogen) atoms. The number of H-pyrrole nitrogens is 1. The summed E-state index contributed by atoms with van der Waals surface area (Å²) in [4.78, 5) is 3.66. The summed E-state index contributed by atoms with van der Waals surface area (Å²) in [5.41, 5.74) is 3.55. The molecule has 0 unspecified atom stereocenters. The Bertz CT molecular complexity index is 1860. The smallest absolute Gasteiger partial charge is 0.264 e. The molecule has 5 rings (SSSR count). The molecule has 4 aromatic carbocycles. The zero-order chi connectivity index (χ0) is 34.2. The predicted molar refractivity (Wildman–Crippen MR) is 204 cm³/mol. The third-order valence-electron chi connectivity index (χ3n) is 9.17. The molecule has 1 N–H and O–H groups in total. The van der Waals surface area contributed by atoms with E-state index in [1.165, 1.54) is 10.4 Å². The molecule has 0 saturated carbocycles. The average Bonchev–Trinajstić information content (AvgIpc) is 3.51. The average molecular weight is 679 g/mol. The quantitative estimate of drug-likeness (QED) is 0.0888. The van der Waals surface area contributed by atoms with Gasteiger partial charge in [-0.15, -0.1) is 0 Å². The first-order valence-electron chi connectivity index (χ1n) is 17.2. The Morgan fingerprint density at radius 2 is 1.42 bits per heavy atom. The van der Waals surface area contributed by atoms with E-state index in [0.29, 0.717) is 5.70 Å². The molecule has 7 heteroatoms. The number of fused-ring (bicyclic) bond motifs is 1. The van der Waals surface area contributed by atoms with Crippen molar-refractivity contribution in [2.75, 3.05) is 13.2 Å². The SMILES string of the molecule is CCCCCC/C=C(/c1c[nH]c2ccccc12)N(CCO[Si](c1ccccc1)(c1ccccc1)C(C)(C)C)S(=O)(=O)c1ccc(C)cc1. The van der Waals surface area contributed by atoms with Crippen LogP contribution in [0.5, 0.6) is 0 Å². The summed E-state index contributed by atoms with van der Waals surface area (Å²) < 4.78 is 38.4. The third kappa shape index (κ3) is 7.54. The number of allylic oxidation sites excluding steroid dienone is 1. The van der Waals surface area contributed by atoms with Crippen molar-refractivity contribution in [3.05, 3.63) is 133 Å². The van der Waals surface area contributed by atoms with Gasteiger partial charge in [-0.3, -0.25) is 4.31 Å². The van der Waals surface area contributed by atoms with Gasteiger partial charge >= 0.3 is 0 Å². The van der Waals surface area contributed by atoms with E-state index in [2.05, 4.69) is 93.4 Å². The fourth-order valence-corrected chi connectivity index (χ4v) is 12.7. The highest BCUT2D eigenvalue weighted by Gasteiger charge is 2.50. The normalized spacial score (nSPS) is 12.8. The van der Waals surface area contributed by atoms with E-state index >= 15 is 0 Å². The van der Waals surface area contributed by atoms with Crippen LogP contribution in [-0.2, 0) is 14.4 Å². The van der Waals surface area contributed by atoms with Crippen LogP contribution in [0, 0.1) is 6.92 Å². The van der Waals surface area contributed by atoms with Crippen molar-refractivity contribution in [3.8, 4) is 0 Å². The van der Waals surface area contributed by atoms with E-state index in [9.17, 15) is 8.42 Å². The summed E-state index contributed by atoms with van der Waals surface area (Å²) in [6, 6.07) is 36.3. The highest BCUT2D eigenvalue weighted by molar-refractivity contribution is 7.89. The van der Waals surface area contributed by atoms with Crippen LogP contribution < -0.4 is 10.4 Å². The predicted octanol–water partition coefficient (Wildman–Crippen LogP) is 9.06. The number of nitrogens with zero attached hydrogens (tertiary/aromatic N) is 1. The summed E-state index contributed by atoms with van der Waals surface area (Å²) >= 11 is 0. The molecule has 5 aromatic rings. The molecule has 0 atom stereocenters. The number of aromatic nitrogens is 1. The van der Waals surface area contributed by atoms with E-state index in [1.807, 2.05) is 55.6 Å². The zero-order valence-corrected chi connectivity index (χ0v) is 30.9. The van der Waals surface area contributed by atoms with Crippen LogP contribution in [0.3, 0.4) is 0 Å². The van der Waals surface area contributed by atoms with E-state index < -0.39 is 18.3 Å². The standard InChI is InChI=1S/C41H50N2O3SSi/c1-6-7-8-9-16-25-40(38-32-42-39-24-18-17-23-37(38)39)43(47(44,45)34-28-26-33(2)27-29-34)30-31-46-48(41(3,4)5,35-19-12-10-13-20-35)36-21-14-11-15-22-36/h10-15,17-29,32,42H,6-9,16,30-31H2,1-5H3/b40-25-. The topological polar surface area (TPSA) is 62.4 Å². The Morgan fingerprint density at radius 3 is 2.02 bits per heavy atom. The van der Waals surface area contributed by atoms with Gasteiger partial charge in [0, 0.05) is 22.7 Å². The van der Waals surface area contributed by atoms with Gasteiger partial charge in [-0.25, -0.2) is 8.42 Å². The molecule has 0 radical (unpaired) electrons. The van der Waals surface area contributed by atoms with Crippen LogP contribution >= 0.6 is 0 Å².